The summed E-state index contributed by atoms with van der Waals surface area (Å²) in [5.41, 5.74) is 3.76. The molecule has 2 amide bonds. The van der Waals surface area contributed by atoms with Crippen molar-refractivity contribution in [1.82, 2.24) is 10.6 Å². The number of carbonyl (C=O) groups is 3. The minimum absolute atomic E-state index is 0.0324. The van der Waals surface area contributed by atoms with E-state index >= 15 is 0 Å². The number of carboxylic acid groups (broad SMARTS) is 1. The van der Waals surface area contributed by atoms with Crippen molar-refractivity contribution in [3.8, 4) is 11.1 Å². The molecule has 2 aromatic rings. The maximum Gasteiger partial charge on any atom is 0.407 e. The molecule has 0 saturated carbocycles. The Hall–Kier alpha value is -3.39. The maximum atomic E-state index is 12.8. The van der Waals surface area contributed by atoms with Gasteiger partial charge in [-0.15, -0.1) is 0 Å². The summed E-state index contributed by atoms with van der Waals surface area (Å²) >= 11 is 0. The summed E-state index contributed by atoms with van der Waals surface area (Å²) in [6, 6.07) is 16.3. The number of alkyl carbamates (subject to hydrolysis) is 1. The molecule has 0 radical (unpaired) electrons. The van der Waals surface area contributed by atoms with Gasteiger partial charge in [0.05, 0.1) is 24.0 Å². The van der Waals surface area contributed by atoms with Crippen molar-refractivity contribution in [2.24, 2.45) is 11.3 Å². The van der Waals surface area contributed by atoms with Gasteiger partial charge in [0.1, 0.15) is 6.61 Å². The van der Waals surface area contributed by atoms with E-state index in [0.29, 0.717) is 12.8 Å². The highest BCUT2D eigenvalue weighted by Gasteiger charge is 2.35. The van der Waals surface area contributed by atoms with Crippen LogP contribution >= 0.6 is 0 Å². The molecule has 2 aromatic carbocycles. The van der Waals surface area contributed by atoms with Gasteiger partial charge in [0.2, 0.25) is 5.91 Å². The molecular formula is C27H32N2O6. The molecule has 3 N–H and O–H groups in total. The molecule has 8 heteroatoms. The summed E-state index contributed by atoms with van der Waals surface area (Å²) in [5, 5.41) is 14.7. The van der Waals surface area contributed by atoms with Crippen LogP contribution in [0.4, 0.5) is 4.79 Å². The van der Waals surface area contributed by atoms with Crippen LogP contribution in [0.5, 0.6) is 0 Å². The Balaban J connectivity index is 1.28. The monoisotopic (exact) mass is 480 g/mol. The minimum atomic E-state index is -0.885. The third-order valence-electron chi connectivity index (χ3n) is 7.22. The SMILES string of the molecule is CCC(C)(CNC(=O)OCC1c2ccccc2-c2ccccc21)C(=O)NC[C@H]1C[C@@H](C(=O)O)CO1. The lowest BCUT2D eigenvalue weighted by molar-refractivity contribution is -0.141. The fourth-order valence-electron chi connectivity index (χ4n) is 4.72. The zero-order valence-electron chi connectivity index (χ0n) is 20.1. The first-order valence-corrected chi connectivity index (χ1v) is 12.0. The first-order valence-electron chi connectivity index (χ1n) is 12.0. The topological polar surface area (TPSA) is 114 Å². The normalized spacial score (nSPS) is 20.4. The second-order valence-electron chi connectivity index (χ2n) is 9.53. The molecule has 1 saturated heterocycles. The number of hydrogen-bond donors (Lipinski definition) is 3. The van der Waals surface area contributed by atoms with Crippen molar-refractivity contribution in [2.75, 3.05) is 26.3 Å². The van der Waals surface area contributed by atoms with Crippen LogP contribution in [0.3, 0.4) is 0 Å². The lowest BCUT2D eigenvalue weighted by Gasteiger charge is -2.28. The molecule has 186 valence electrons. The summed E-state index contributed by atoms with van der Waals surface area (Å²) in [5.74, 6) is -1.68. The Morgan fingerprint density at radius 1 is 1.06 bits per heavy atom. The average Bonchev–Trinajstić information content (AvgIpc) is 3.48. The van der Waals surface area contributed by atoms with Crippen LogP contribution in [0.15, 0.2) is 48.5 Å². The van der Waals surface area contributed by atoms with Crippen molar-refractivity contribution in [2.45, 2.75) is 38.7 Å². The van der Waals surface area contributed by atoms with Crippen molar-refractivity contribution in [3.05, 3.63) is 59.7 Å². The van der Waals surface area contributed by atoms with Gasteiger partial charge in [0.25, 0.3) is 0 Å². The molecule has 2 aliphatic rings. The third-order valence-corrected chi connectivity index (χ3v) is 7.22. The van der Waals surface area contributed by atoms with E-state index in [1.807, 2.05) is 31.2 Å². The van der Waals surface area contributed by atoms with E-state index in [2.05, 4.69) is 34.9 Å². The smallest absolute Gasteiger partial charge is 0.407 e. The van der Waals surface area contributed by atoms with Gasteiger partial charge in [-0.1, -0.05) is 55.5 Å². The summed E-state index contributed by atoms with van der Waals surface area (Å²) < 4.78 is 11.0. The lowest BCUT2D eigenvalue weighted by Crippen LogP contribution is -2.48. The molecular weight excluding hydrogens is 448 g/mol. The van der Waals surface area contributed by atoms with Crippen LogP contribution in [0, 0.1) is 11.3 Å². The van der Waals surface area contributed by atoms with Crippen molar-refractivity contribution < 1.29 is 29.0 Å². The Bertz CT molecular complexity index is 1060. The van der Waals surface area contributed by atoms with Crippen molar-refractivity contribution in [3.63, 3.8) is 0 Å². The van der Waals surface area contributed by atoms with Gasteiger partial charge in [-0.05, 0) is 42.0 Å². The van der Waals surface area contributed by atoms with Gasteiger partial charge >= 0.3 is 12.1 Å². The standard InChI is InChI=1S/C27H32N2O6/c1-3-27(2,25(32)28-13-18-12-17(14-34-18)24(30)31)16-29-26(33)35-15-23-21-10-6-4-8-19(21)20-9-5-7-11-22(20)23/h4-11,17-18,23H,3,12-16H2,1-2H3,(H,28,32)(H,29,33)(H,30,31)/t17-,18-,27?/m1/s1. The molecule has 0 aromatic heterocycles. The van der Waals surface area contributed by atoms with Gasteiger partial charge in [-0.2, -0.15) is 0 Å². The molecule has 1 unspecified atom stereocenters. The fraction of sp³-hybridized carbons (Fsp3) is 0.444. The first kappa shape index (κ1) is 24.7. The number of nitrogens with one attached hydrogen (secondary N) is 2. The Morgan fingerprint density at radius 3 is 2.26 bits per heavy atom. The van der Waals surface area contributed by atoms with E-state index in [-0.39, 0.29) is 44.2 Å². The Labute approximate surface area is 205 Å². The predicted molar refractivity (Wildman–Crippen MR) is 130 cm³/mol. The average molecular weight is 481 g/mol. The summed E-state index contributed by atoms with van der Waals surface area (Å²) in [6.45, 7) is 4.38. The highest BCUT2D eigenvalue weighted by Crippen LogP contribution is 2.44. The number of aliphatic carboxylic acids is 1. The first-order chi connectivity index (χ1) is 16.8. The van der Waals surface area contributed by atoms with E-state index in [1.54, 1.807) is 6.92 Å². The summed E-state index contributed by atoms with van der Waals surface area (Å²) in [6.07, 6.45) is -0.0126. The predicted octanol–water partition coefficient (Wildman–Crippen LogP) is 3.55. The summed E-state index contributed by atoms with van der Waals surface area (Å²) in [4.78, 5) is 36.5. The van der Waals surface area contributed by atoms with Crippen molar-refractivity contribution in [1.29, 1.82) is 0 Å². The van der Waals surface area contributed by atoms with Crippen LogP contribution in [-0.4, -0.2) is 55.5 Å². The van der Waals surface area contributed by atoms with Crippen LogP contribution < -0.4 is 10.6 Å². The largest absolute Gasteiger partial charge is 0.481 e. The highest BCUT2D eigenvalue weighted by molar-refractivity contribution is 5.83. The number of carboxylic acids is 1. The van der Waals surface area contributed by atoms with Crippen LogP contribution in [-0.2, 0) is 19.1 Å². The van der Waals surface area contributed by atoms with E-state index in [9.17, 15) is 14.4 Å². The number of benzene rings is 2. The molecule has 8 nitrogen and oxygen atoms in total. The molecule has 1 heterocycles. The molecule has 1 aliphatic heterocycles. The van der Waals surface area contributed by atoms with E-state index in [0.717, 1.165) is 22.3 Å². The van der Waals surface area contributed by atoms with Crippen LogP contribution in [0.25, 0.3) is 11.1 Å². The van der Waals surface area contributed by atoms with Gasteiger partial charge in [0.15, 0.2) is 0 Å². The number of fused-ring (bicyclic) bond motifs is 3. The molecule has 3 atom stereocenters. The lowest BCUT2D eigenvalue weighted by atomic mass is 9.86. The molecule has 0 bridgehead atoms. The van der Waals surface area contributed by atoms with Crippen molar-refractivity contribution >= 4 is 18.0 Å². The van der Waals surface area contributed by atoms with Gasteiger partial charge in [0, 0.05) is 19.0 Å². The Morgan fingerprint density at radius 2 is 1.69 bits per heavy atom. The number of hydrogen-bond acceptors (Lipinski definition) is 5. The second kappa shape index (κ2) is 10.5. The number of rotatable bonds is 9. The third kappa shape index (κ3) is 5.32. The summed E-state index contributed by atoms with van der Waals surface area (Å²) in [7, 11) is 0. The number of amides is 2. The fourth-order valence-corrected chi connectivity index (χ4v) is 4.72. The van der Waals surface area contributed by atoms with E-state index < -0.39 is 23.4 Å². The maximum absolute atomic E-state index is 12.8. The Kier molecular flexibility index (Phi) is 7.40. The van der Waals surface area contributed by atoms with E-state index in [1.165, 1.54) is 0 Å². The molecule has 0 spiro atoms. The highest BCUT2D eigenvalue weighted by atomic mass is 16.5. The number of carbonyl (C=O) groups excluding carboxylic acids is 2. The van der Waals surface area contributed by atoms with Gasteiger partial charge < -0.3 is 25.2 Å². The molecule has 4 rings (SSSR count). The zero-order valence-corrected chi connectivity index (χ0v) is 20.1. The quantitative estimate of drug-likeness (QED) is 0.506. The molecule has 35 heavy (non-hydrogen) atoms. The van der Waals surface area contributed by atoms with E-state index in [4.69, 9.17) is 14.6 Å². The molecule has 1 fully saturated rings. The van der Waals surface area contributed by atoms with Crippen LogP contribution in [0.1, 0.15) is 43.7 Å². The number of ether oxygens (including phenoxy) is 2. The zero-order chi connectivity index (χ0) is 25.0. The second-order valence-corrected chi connectivity index (χ2v) is 9.53. The minimum Gasteiger partial charge on any atom is -0.481 e. The van der Waals surface area contributed by atoms with Gasteiger partial charge in [-0.3, -0.25) is 9.59 Å². The van der Waals surface area contributed by atoms with Gasteiger partial charge in [-0.25, -0.2) is 4.79 Å². The molecule has 1 aliphatic carbocycles. The van der Waals surface area contributed by atoms with Crippen LogP contribution in [0.2, 0.25) is 0 Å².